The molecule has 0 fully saturated rings. The molecule has 1 radical (unpaired) electrons. The van der Waals surface area contributed by atoms with E-state index in [0.29, 0.717) is 0 Å². The van der Waals surface area contributed by atoms with E-state index in [9.17, 15) is 0 Å². The quantitative estimate of drug-likeness (QED) is 0.167. The predicted octanol–water partition coefficient (Wildman–Crippen LogP) is 12.1. The van der Waals surface area contributed by atoms with Gasteiger partial charge in [0, 0.05) is 42.6 Å². The smallest absolute Gasteiger partial charge is 0.122 e. The van der Waals surface area contributed by atoms with Crippen LogP contribution in [0.4, 0.5) is 0 Å². The second-order valence-electron chi connectivity index (χ2n) is 13.1. The Bertz CT molecular complexity index is 2340. The molecule has 0 aliphatic heterocycles. The van der Waals surface area contributed by atoms with Crippen molar-refractivity contribution in [2.24, 2.45) is 0 Å². The van der Waals surface area contributed by atoms with Crippen molar-refractivity contribution in [2.45, 2.75) is 47.0 Å². The van der Waals surface area contributed by atoms with E-state index in [4.69, 9.17) is 9.40 Å². The molecule has 241 valence electrons. The first-order chi connectivity index (χ1) is 22.7. The fourth-order valence-corrected chi connectivity index (χ4v) is 7.21. The van der Waals surface area contributed by atoms with Crippen LogP contribution in [-0.4, -0.2) is 9.97 Å². The van der Waals surface area contributed by atoms with Gasteiger partial charge in [-0.3, -0.25) is 0 Å². The third-order valence-corrected chi connectivity index (χ3v) is 9.58. The van der Waals surface area contributed by atoms with E-state index in [1.165, 1.54) is 48.9 Å². The van der Waals surface area contributed by atoms with Crippen LogP contribution in [0.15, 0.2) is 113 Å². The SMILES string of the molecule is Cc1ccc(-c2[c-]cccc2)nc1.Cc1cccc(C)c1-c1cc(-c2[c-]ccc3c2oc2ccc4ccsc4c23)ncc1C(C)(C)C.[Ir]. The zero-order chi connectivity index (χ0) is 32.7. The zero-order valence-electron chi connectivity index (χ0n) is 27.9. The van der Waals surface area contributed by atoms with Crippen molar-refractivity contribution in [3.63, 3.8) is 0 Å². The van der Waals surface area contributed by atoms with Crippen molar-refractivity contribution >= 4 is 43.4 Å². The van der Waals surface area contributed by atoms with E-state index in [1.807, 2.05) is 55.7 Å². The minimum absolute atomic E-state index is 0. The van der Waals surface area contributed by atoms with Crippen LogP contribution in [0.3, 0.4) is 0 Å². The molecule has 0 N–H and O–H groups in total. The Labute approximate surface area is 300 Å². The normalized spacial score (nSPS) is 11.4. The Morgan fingerprint density at radius 2 is 1.54 bits per heavy atom. The number of hydrogen-bond acceptors (Lipinski definition) is 4. The van der Waals surface area contributed by atoms with Gasteiger partial charge in [0.2, 0.25) is 0 Å². The van der Waals surface area contributed by atoms with Crippen molar-refractivity contribution in [2.75, 3.05) is 0 Å². The van der Waals surface area contributed by atoms with Crippen LogP contribution in [-0.2, 0) is 25.5 Å². The molecule has 8 rings (SSSR count). The van der Waals surface area contributed by atoms with Gasteiger partial charge in [-0.15, -0.1) is 65.4 Å². The number of aromatic nitrogens is 2. The fraction of sp³-hybridized carbons (Fsp3) is 0.163. The third-order valence-electron chi connectivity index (χ3n) is 8.63. The summed E-state index contributed by atoms with van der Waals surface area (Å²) in [6.45, 7) is 13.2. The number of aryl methyl sites for hydroxylation is 3. The molecule has 5 heteroatoms. The number of furan rings is 1. The molecule has 0 aliphatic rings. The molecule has 48 heavy (non-hydrogen) atoms. The maximum atomic E-state index is 6.44. The second-order valence-corrected chi connectivity index (χ2v) is 14.0. The van der Waals surface area contributed by atoms with Crippen LogP contribution >= 0.6 is 11.3 Å². The summed E-state index contributed by atoms with van der Waals surface area (Å²) in [5, 5.41) is 5.69. The first-order valence-electron chi connectivity index (χ1n) is 15.9. The standard InChI is InChI=1S/C31H26NOS.C12H10N.Ir/c1-18-8-6-9-19(2)27(18)23-16-25(32-17-24(23)31(3,4)5)21-10-7-11-22-28-26(33-29(21)22)13-12-20-14-15-34-30(20)28;1-10-7-8-12(13-9-10)11-5-3-2-4-6-11;/h6-9,11-17H,1-5H3;2-5,7-9H,1H3;/q2*-1;. The summed E-state index contributed by atoms with van der Waals surface area (Å²) in [5.74, 6) is 0. The molecular formula is C43H36IrN2OS-2. The summed E-state index contributed by atoms with van der Waals surface area (Å²) in [6, 6.07) is 37.7. The topological polar surface area (TPSA) is 38.9 Å². The van der Waals surface area contributed by atoms with Gasteiger partial charge in [0.05, 0.1) is 5.58 Å². The minimum atomic E-state index is -0.0323. The number of rotatable bonds is 3. The van der Waals surface area contributed by atoms with Crippen molar-refractivity contribution in [1.82, 2.24) is 9.97 Å². The molecule has 0 amide bonds. The van der Waals surface area contributed by atoms with Gasteiger partial charge in [-0.1, -0.05) is 68.1 Å². The average Bonchev–Trinajstić information content (AvgIpc) is 3.70. The maximum Gasteiger partial charge on any atom is 0.122 e. The largest absolute Gasteiger partial charge is 0.501 e. The van der Waals surface area contributed by atoms with E-state index in [1.54, 1.807) is 11.3 Å². The first-order valence-corrected chi connectivity index (χ1v) is 16.8. The van der Waals surface area contributed by atoms with E-state index >= 15 is 0 Å². The van der Waals surface area contributed by atoms with Crippen molar-refractivity contribution in [3.8, 4) is 33.6 Å². The van der Waals surface area contributed by atoms with Crippen LogP contribution in [0.5, 0.6) is 0 Å². The molecule has 0 saturated carbocycles. The van der Waals surface area contributed by atoms with Gasteiger partial charge < -0.3 is 14.4 Å². The number of nitrogens with zero attached hydrogens (tertiary/aromatic N) is 2. The number of pyridine rings is 2. The number of thiophene rings is 1. The van der Waals surface area contributed by atoms with Crippen molar-refractivity contribution in [3.05, 3.63) is 143 Å². The summed E-state index contributed by atoms with van der Waals surface area (Å²) >= 11 is 1.76. The van der Waals surface area contributed by atoms with Gasteiger partial charge >= 0.3 is 0 Å². The molecule has 4 aromatic carbocycles. The van der Waals surface area contributed by atoms with Crippen LogP contribution in [0.1, 0.15) is 43.0 Å². The molecule has 0 spiro atoms. The summed E-state index contributed by atoms with van der Waals surface area (Å²) in [4.78, 5) is 9.26. The summed E-state index contributed by atoms with van der Waals surface area (Å²) in [7, 11) is 0. The van der Waals surface area contributed by atoms with Gasteiger partial charge in [0.1, 0.15) is 5.58 Å². The number of benzene rings is 4. The van der Waals surface area contributed by atoms with E-state index in [-0.39, 0.29) is 25.5 Å². The van der Waals surface area contributed by atoms with Gasteiger partial charge in [0.25, 0.3) is 0 Å². The molecule has 0 bridgehead atoms. The zero-order valence-corrected chi connectivity index (χ0v) is 31.1. The van der Waals surface area contributed by atoms with Crippen molar-refractivity contribution < 1.29 is 24.5 Å². The Kier molecular flexibility index (Phi) is 9.49. The number of hydrogen-bond donors (Lipinski definition) is 0. The maximum absolute atomic E-state index is 6.44. The van der Waals surface area contributed by atoms with Gasteiger partial charge in [0.15, 0.2) is 0 Å². The molecule has 0 saturated heterocycles. The molecule has 3 nitrogen and oxygen atoms in total. The summed E-state index contributed by atoms with van der Waals surface area (Å²) < 4.78 is 7.71. The summed E-state index contributed by atoms with van der Waals surface area (Å²) in [6.07, 6.45) is 3.92. The fourth-order valence-electron chi connectivity index (χ4n) is 6.26. The molecule has 8 aromatic rings. The Morgan fingerprint density at radius 3 is 2.25 bits per heavy atom. The van der Waals surface area contributed by atoms with Crippen molar-refractivity contribution in [1.29, 1.82) is 0 Å². The van der Waals surface area contributed by atoms with Crippen LogP contribution in [0.25, 0.3) is 65.7 Å². The Balaban J connectivity index is 0.000000241. The predicted molar refractivity (Wildman–Crippen MR) is 198 cm³/mol. The monoisotopic (exact) mass is 821 g/mol. The Hall–Kier alpha value is -4.41. The molecular weight excluding hydrogens is 785 g/mol. The van der Waals surface area contributed by atoms with E-state index in [2.05, 4.69) is 112 Å². The van der Waals surface area contributed by atoms with Crippen LogP contribution < -0.4 is 0 Å². The molecule has 0 aliphatic carbocycles. The van der Waals surface area contributed by atoms with Crippen LogP contribution in [0.2, 0.25) is 0 Å². The number of fused-ring (bicyclic) bond motifs is 5. The second kappa shape index (κ2) is 13.6. The van der Waals surface area contributed by atoms with E-state index < -0.39 is 0 Å². The molecule has 4 aromatic heterocycles. The first kappa shape index (κ1) is 33.5. The molecule has 4 heterocycles. The van der Waals surface area contributed by atoms with Gasteiger partial charge in [-0.2, -0.15) is 0 Å². The minimum Gasteiger partial charge on any atom is -0.501 e. The molecule has 0 atom stereocenters. The van der Waals surface area contributed by atoms with Gasteiger partial charge in [-0.05, 0) is 99.9 Å². The summed E-state index contributed by atoms with van der Waals surface area (Å²) in [5.41, 5.74) is 13.0. The third kappa shape index (κ3) is 6.39. The Morgan fingerprint density at radius 1 is 0.750 bits per heavy atom. The van der Waals surface area contributed by atoms with E-state index in [0.717, 1.165) is 39.1 Å². The molecule has 0 unspecified atom stereocenters. The average molecular weight is 821 g/mol. The van der Waals surface area contributed by atoms with Gasteiger partial charge in [-0.25, -0.2) is 0 Å². The van der Waals surface area contributed by atoms with Crippen LogP contribution in [0, 0.1) is 32.9 Å².